The molecule has 174 valence electrons. The fourth-order valence-corrected chi connectivity index (χ4v) is 6.57. The lowest BCUT2D eigenvalue weighted by Gasteiger charge is -2.32. The number of hydrogen-bond acceptors (Lipinski definition) is 4. The van der Waals surface area contributed by atoms with Crippen molar-refractivity contribution in [1.29, 1.82) is 0 Å². The standard InChI is InChI=1S/C28H28N2O2S2/c1-19(33-22-17-15-21(16-18-22)29-27(31)20-9-3-2-4-10-20)28(32)30-23-11-5-7-13-25(23)34-26-14-8-6-12-24(26)30/h5-8,11-20H,2-4,9-10H2,1H3,(H,29,31). The van der Waals surface area contributed by atoms with Crippen molar-refractivity contribution in [2.24, 2.45) is 5.92 Å². The number of carbonyl (C=O) groups excluding carboxylic acids is 2. The molecule has 3 aromatic carbocycles. The van der Waals surface area contributed by atoms with Gasteiger partial charge in [0, 0.05) is 26.3 Å². The summed E-state index contributed by atoms with van der Waals surface area (Å²) in [5, 5.41) is 2.79. The Morgan fingerprint density at radius 1 is 0.882 bits per heavy atom. The van der Waals surface area contributed by atoms with Gasteiger partial charge in [-0.1, -0.05) is 55.3 Å². The van der Waals surface area contributed by atoms with Crippen molar-refractivity contribution in [1.82, 2.24) is 0 Å². The van der Waals surface area contributed by atoms with Crippen LogP contribution in [0, 0.1) is 5.92 Å². The van der Waals surface area contributed by atoms with E-state index < -0.39 is 0 Å². The number of thioether (sulfide) groups is 1. The van der Waals surface area contributed by atoms with E-state index in [9.17, 15) is 9.59 Å². The first-order valence-electron chi connectivity index (χ1n) is 11.9. The maximum atomic E-state index is 13.7. The molecule has 0 radical (unpaired) electrons. The summed E-state index contributed by atoms with van der Waals surface area (Å²) in [5.41, 5.74) is 2.68. The molecule has 1 saturated carbocycles. The average molecular weight is 489 g/mol. The molecule has 5 rings (SSSR count). The second-order valence-corrected chi connectivity index (χ2v) is 11.3. The molecule has 1 aliphatic heterocycles. The maximum Gasteiger partial charge on any atom is 0.244 e. The van der Waals surface area contributed by atoms with E-state index in [4.69, 9.17) is 0 Å². The van der Waals surface area contributed by atoms with Crippen LogP contribution in [0.5, 0.6) is 0 Å². The van der Waals surface area contributed by atoms with Crippen molar-refractivity contribution in [2.75, 3.05) is 10.2 Å². The van der Waals surface area contributed by atoms with E-state index in [1.54, 1.807) is 11.8 Å². The summed E-state index contributed by atoms with van der Waals surface area (Å²) in [6, 6.07) is 24.0. The van der Waals surface area contributed by atoms with Crippen LogP contribution in [0.25, 0.3) is 0 Å². The number of nitrogens with one attached hydrogen (secondary N) is 1. The van der Waals surface area contributed by atoms with Crippen LogP contribution >= 0.6 is 23.5 Å². The van der Waals surface area contributed by atoms with Crippen LogP contribution in [-0.4, -0.2) is 17.1 Å². The third-order valence-electron chi connectivity index (χ3n) is 6.41. The molecule has 34 heavy (non-hydrogen) atoms. The zero-order chi connectivity index (χ0) is 23.5. The van der Waals surface area contributed by atoms with E-state index in [0.717, 1.165) is 57.4 Å². The van der Waals surface area contributed by atoms with Gasteiger partial charge < -0.3 is 5.32 Å². The van der Waals surface area contributed by atoms with Crippen LogP contribution in [0.3, 0.4) is 0 Å². The quantitative estimate of drug-likeness (QED) is 0.377. The highest BCUT2D eigenvalue weighted by Gasteiger charge is 2.31. The SMILES string of the molecule is CC(Sc1ccc(NC(=O)C2CCCCC2)cc1)C(=O)N1c2ccccc2Sc2ccccc21. The molecule has 1 aliphatic carbocycles. The average Bonchev–Trinajstić information content (AvgIpc) is 2.88. The number of carbonyl (C=O) groups is 2. The molecule has 0 saturated heterocycles. The van der Waals surface area contributed by atoms with Crippen molar-refractivity contribution in [3.63, 3.8) is 0 Å². The monoisotopic (exact) mass is 488 g/mol. The van der Waals surface area contributed by atoms with Gasteiger partial charge in [-0.3, -0.25) is 14.5 Å². The number of fused-ring (bicyclic) bond motifs is 2. The topological polar surface area (TPSA) is 49.4 Å². The maximum absolute atomic E-state index is 13.7. The van der Waals surface area contributed by atoms with Gasteiger partial charge in [-0.2, -0.15) is 0 Å². The highest BCUT2D eigenvalue weighted by molar-refractivity contribution is 8.00. The van der Waals surface area contributed by atoms with E-state index in [1.165, 1.54) is 18.2 Å². The fourth-order valence-electron chi connectivity index (χ4n) is 4.60. The fraction of sp³-hybridized carbons (Fsp3) is 0.286. The van der Waals surface area contributed by atoms with Crippen molar-refractivity contribution in [2.45, 2.75) is 59.0 Å². The van der Waals surface area contributed by atoms with Crippen LogP contribution in [0.2, 0.25) is 0 Å². The minimum Gasteiger partial charge on any atom is -0.326 e. The van der Waals surface area contributed by atoms with Gasteiger partial charge in [0.05, 0.1) is 16.6 Å². The Morgan fingerprint density at radius 2 is 1.47 bits per heavy atom. The Labute approximate surface area is 209 Å². The van der Waals surface area contributed by atoms with Crippen LogP contribution in [0.1, 0.15) is 39.0 Å². The van der Waals surface area contributed by atoms with E-state index in [1.807, 2.05) is 72.5 Å². The van der Waals surface area contributed by atoms with Gasteiger partial charge in [0.2, 0.25) is 11.8 Å². The molecule has 0 aromatic heterocycles. The summed E-state index contributed by atoms with van der Waals surface area (Å²) >= 11 is 3.24. The predicted octanol–water partition coefficient (Wildman–Crippen LogP) is 7.52. The van der Waals surface area contributed by atoms with Crippen molar-refractivity contribution in [3.8, 4) is 0 Å². The number of anilines is 3. The molecule has 2 amide bonds. The van der Waals surface area contributed by atoms with Crippen molar-refractivity contribution < 1.29 is 9.59 Å². The van der Waals surface area contributed by atoms with Gasteiger partial charge in [-0.25, -0.2) is 0 Å². The summed E-state index contributed by atoms with van der Waals surface area (Å²) in [6.45, 7) is 1.96. The lowest BCUT2D eigenvalue weighted by molar-refractivity contribution is -0.120. The summed E-state index contributed by atoms with van der Waals surface area (Å²) in [7, 11) is 0. The molecule has 1 heterocycles. The Hall–Kier alpha value is -2.70. The summed E-state index contributed by atoms with van der Waals surface area (Å²) in [4.78, 5) is 31.2. The first-order valence-corrected chi connectivity index (χ1v) is 13.6. The molecule has 0 bridgehead atoms. The number of hydrogen-bond donors (Lipinski definition) is 1. The Balaban J connectivity index is 1.28. The summed E-state index contributed by atoms with van der Waals surface area (Å²) in [5.74, 6) is 0.317. The minimum absolute atomic E-state index is 0.0554. The molecule has 1 unspecified atom stereocenters. The van der Waals surface area contributed by atoms with Gasteiger partial charge in [0.25, 0.3) is 0 Å². The Bertz CT molecular complexity index is 1140. The van der Waals surface area contributed by atoms with E-state index in [2.05, 4.69) is 17.4 Å². The van der Waals surface area contributed by atoms with Crippen molar-refractivity contribution in [3.05, 3.63) is 72.8 Å². The highest BCUT2D eigenvalue weighted by atomic mass is 32.2. The van der Waals surface area contributed by atoms with E-state index in [0.29, 0.717) is 0 Å². The molecule has 1 fully saturated rings. The first-order chi connectivity index (χ1) is 16.6. The summed E-state index contributed by atoms with van der Waals surface area (Å²) < 4.78 is 0. The minimum atomic E-state index is -0.271. The molecular formula is C28H28N2O2S2. The number of amides is 2. The molecule has 3 aromatic rings. The molecule has 6 heteroatoms. The van der Waals surface area contributed by atoms with Gasteiger partial charge in [0.15, 0.2) is 0 Å². The molecule has 1 N–H and O–H groups in total. The van der Waals surface area contributed by atoms with Gasteiger partial charge in [0.1, 0.15) is 0 Å². The Morgan fingerprint density at radius 3 is 2.09 bits per heavy atom. The highest BCUT2D eigenvalue weighted by Crippen LogP contribution is 2.48. The second kappa shape index (κ2) is 10.3. The number of para-hydroxylation sites is 2. The largest absolute Gasteiger partial charge is 0.326 e. The van der Waals surface area contributed by atoms with E-state index in [-0.39, 0.29) is 23.0 Å². The third-order valence-corrected chi connectivity index (χ3v) is 8.64. The lowest BCUT2D eigenvalue weighted by atomic mass is 9.88. The smallest absolute Gasteiger partial charge is 0.244 e. The van der Waals surface area contributed by atoms with Gasteiger partial charge in [-0.05, 0) is 68.3 Å². The van der Waals surface area contributed by atoms with Crippen LogP contribution < -0.4 is 10.2 Å². The zero-order valence-electron chi connectivity index (χ0n) is 19.2. The Kier molecular flexibility index (Phi) is 6.97. The van der Waals surface area contributed by atoms with Crippen LogP contribution in [-0.2, 0) is 9.59 Å². The normalized spacial score (nSPS) is 16.3. The van der Waals surface area contributed by atoms with Crippen LogP contribution in [0.4, 0.5) is 17.1 Å². The molecule has 1 atom stereocenters. The predicted molar refractivity (Wildman–Crippen MR) is 141 cm³/mol. The van der Waals surface area contributed by atoms with E-state index >= 15 is 0 Å². The number of rotatable bonds is 5. The molecule has 0 spiro atoms. The second-order valence-electron chi connectivity index (χ2n) is 8.82. The van der Waals surface area contributed by atoms with Gasteiger partial charge >= 0.3 is 0 Å². The zero-order valence-corrected chi connectivity index (χ0v) is 20.8. The van der Waals surface area contributed by atoms with Gasteiger partial charge in [-0.15, -0.1) is 11.8 Å². The molecular weight excluding hydrogens is 460 g/mol. The number of benzene rings is 3. The van der Waals surface area contributed by atoms with Crippen molar-refractivity contribution >= 4 is 52.4 Å². The number of nitrogens with zero attached hydrogens (tertiary/aromatic N) is 1. The summed E-state index contributed by atoms with van der Waals surface area (Å²) in [6.07, 6.45) is 5.50. The molecule has 2 aliphatic rings. The lowest BCUT2D eigenvalue weighted by Crippen LogP contribution is -2.34. The third kappa shape index (κ3) is 4.89. The first kappa shape index (κ1) is 23.1. The molecule has 4 nitrogen and oxygen atoms in total. The van der Waals surface area contributed by atoms with Crippen LogP contribution in [0.15, 0.2) is 87.5 Å².